The van der Waals surface area contributed by atoms with Crippen molar-refractivity contribution in [3.8, 4) is 5.69 Å². The Morgan fingerprint density at radius 1 is 1.37 bits per heavy atom. The van der Waals surface area contributed by atoms with E-state index < -0.39 is 0 Å². The third kappa shape index (κ3) is 4.81. The van der Waals surface area contributed by atoms with Gasteiger partial charge < -0.3 is 10.6 Å². The zero-order valence-electron chi connectivity index (χ0n) is 15.8. The van der Waals surface area contributed by atoms with Gasteiger partial charge in [0.25, 0.3) is 5.91 Å². The summed E-state index contributed by atoms with van der Waals surface area (Å²) in [5, 5.41) is 9.10. The summed E-state index contributed by atoms with van der Waals surface area (Å²) in [6, 6.07) is 7.61. The summed E-state index contributed by atoms with van der Waals surface area (Å²) in [5.41, 5.74) is 8.12. The van der Waals surface area contributed by atoms with Crippen LogP contribution in [-0.4, -0.2) is 44.9 Å². The highest BCUT2D eigenvalue weighted by atomic mass is 35.5. The predicted molar refractivity (Wildman–Crippen MR) is 110 cm³/mol. The summed E-state index contributed by atoms with van der Waals surface area (Å²) in [4.78, 5) is 14.9. The minimum atomic E-state index is -0.0372. The molecular formula is C19H27Cl2N5O. The van der Waals surface area contributed by atoms with Crippen LogP contribution in [0.5, 0.6) is 0 Å². The van der Waals surface area contributed by atoms with Crippen LogP contribution in [0.2, 0.25) is 5.02 Å². The molecule has 0 radical (unpaired) electrons. The molecule has 1 aliphatic rings. The summed E-state index contributed by atoms with van der Waals surface area (Å²) < 4.78 is 1.73. The van der Waals surface area contributed by atoms with Gasteiger partial charge in [0, 0.05) is 24.2 Å². The lowest BCUT2D eigenvalue weighted by molar-refractivity contribution is 0.0673. The molecule has 0 aliphatic carbocycles. The summed E-state index contributed by atoms with van der Waals surface area (Å²) in [7, 11) is 0. The first-order chi connectivity index (χ1) is 12.5. The molecule has 2 N–H and O–H groups in total. The van der Waals surface area contributed by atoms with Gasteiger partial charge in [-0.1, -0.05) is 36.2 Å². The van der Waals surface area contributed by atoms with Gasteiger partial charge in [0.1, 0.15) is 0 Å². The zero-order chi connectivity index (χ0) is 18.7. The average molecular weight is 412 g/mol. The molecule has 1 amide bonds. The zero-order valence-corrected chi connectivity index (χ0v) is 17.3. The summed E-state index contributed by atoms with van der Waals surface area (Å²) in [5.74, 6) is 0.446. The molecule has 8 heteroatoms. The Kier molecular flexibility index (Phi) is 7.65. The van der Waals surface area contributed by atoms with Crippen molar-refractivity contribution in [2.24, 2.45) is 11.7 Å². The number of benzene rings is 1. The number of likely N-dealkylation sites (tertiary alicyclic amines) is 1. The first kappa shape index (κ1) is 21.7. The van der Waals surface area contributed by atoms with E-state index in [9.17, 15) is 4.79 Å². The van der Waals surface area contributed by atoms with Gasteiger partial charge in [0.05, 0.1) is 11.4 Å². The van der Waals surface area contributed by atoms with Gasteiger partial charge in [0.15, 0.2) is 5.69 Å². The molecule has 27 heavy (non-hydrogen) atoms. The Balaban J connectivity index is 0.00000261. The molecule has 0 spiro atoms. The number of aromatic nitrogens is 3. The number of amides is 1. The average Bonchev–Trinajstić information content (AvgIpc) is 3.05. The van der Waals surface area contributed by atoms with E-state index in [2.05, 4.69) is 17.2 Å². The van der Waals surface area contributed by atoms with E-state index in [1.54, 1.807) is 4.68 Å². The molecule has 1 unspecified atom stereocenters. The normalized spacial score (nSPS) is 16.1. The second-order valence-electron chi connectivity index (χ2n) is 7.02. The molecule has 6 nitrogen and oxygen atoms in total. The molecule has 1 atom stereocenters. The lowest BCUT2D eigenvalue weighted by Crippen LogP contribution is -2.42. The SMILES string of the molecule is CCCc1c(C(=O)N2CCC(C(C)N)CC2)nnn1-c1cccc(Cl)c1.Cl. The fraction of sp³-hybridized carbons (Fsp3) is 0.526. The fourth-order valence-electron chi connectivity index (χ4n) is 3.52. The number of piperidine rings is 1. The van der Waals surface area contributed by atoms with Gasteiger partial charge in [-0.25, -0.2) is 4.68 Å². The van der Waals surface area contributed by atoms with Crippen molar-refractivity contribution < 1.29 is 4.79 Å². The Bertz CT molecular complexity index is 769. The number of nitrogens with two attached hydrogens (primary N) is 1. The van der Waals surface area contributed by atoms with Gasteiger partial charge in [-0.05, 0) is 50.3 Å². The van der Waals surface area contributed by atoms with Crippen molar-refractivity contribution in [1.29, 1.82) is 0 Å². The van der Waals surface area contributed by atoms with Crippen LogP contribution in [0.15, 0.2) is 24.3 Å². The van der Waals surface area contributed by atoms with E-state index in [0.717, 1.165) is 50.2 Å². The Morgan fingerprint density at radius 2 is 2.07 bits per heavy atom. The Labute approximate surface area is 171 Å². The fourth-order valence-corrected chi connectivity index (χ4v) is 3.71. The van der Waals surface area contributed by atoms with Crippen LogP contribution in [0.25, 0.3) is 5.69 Å². The van der Waals surface area contributed by atoms with Crippen molar-refractivity contribution in [2.75, 3.05) is 13.1 Å². The van der Waals surface area contributed by atoms with Crippen LogP contribution in [0.1, 0.15) is 49.3 Å². The number of hydrogen-bond acceptors (Lipinski definition) is 4. The summed E-state index contributed by atoms with van der Waals surface area (Å²) in [6.07, 6.45) is 3.52. The van der Waals surface area contributed by atoms with Crippen molar-refractivity contribution in [2.45, 2.75) is 45.6 Å². The maximum absolute atomic E-state index is 13.0. The minimum Gasteiger partial charge on any atom is -0.337 e. The maximum Gasteiger partial charge on any atom is 0.276 e. The molecule has 2 heterocycles. The van der Waals surface area contributed by atoms with Crippen LogP contribution >= 0.6 is 24.0 Å². The molecule has 1 aliphatic heterocycles. The number of carbonyl (C=O) groups is 1. The summed E-state index contributed by atoms with van der Waals surface area (Å²) in [6.45, 7) is 5.57. The predicted octanol–water partition coefficient (Wildman–Crippen LogP) is 3.49. The number of rotatable bonds is 5. The molecule has 1 fully saturated rings. The number of carbonyl (C=O) groups excluding carboxylic acids is 1. The van der Waals surface area contributed by atoms with Gasteiger partial charge in [-0.15, -0.1) is 17.5 Å². The molecule has 148 valence electrons. The largest absolute Gasteiger partial charge is 0.337 e. The Hall–Kier alpha value is -1.63. The van der Waals surface area contributed by atoms with Crippen molar-refractivity contribution in [3.05, 3.63) is 40.7 Å². The Morgan fingerprint density at radius 3 is 2.67 bits per heavy atom. The van der Waals surface area contributed by atoms with Crippen molar-refractivity contribution >= 4 is 29.9 Å². The molecule has 1 aromatic carbocycles. The highest BCUT2D eigenvalue weighted by Gasteiger charge is 2.29. The quantitative estimate of drug-likeness (QED) is 0.816. The van der Waals surface area contributed by atoms with E-state index in [-0.39, 0.29) is 24.4 Å². The smallest absolute Gasteiger partial charge is 0.276 e. The van der Waals surface area contributed by atoms with Gasteiger partial charge >= 0.3 is 0 Å². The lowest BCUT2D eigenvalue weighted by atomic mass is 9.91. The van der Waals surface area contributed by atoms with Crippen molar-refractivity contribution in [3.63, 3.8) is 0 Å². The van der Waals surface area contributed by atoms with Crippen LogP contribution in [0, 0.1) is 5.92 Å². The molecule has 0 saturated carbocycles. The first-order valence-corrected chi connectivity index (χ1v) is 9.64. The topological polar surface area (TPSA) is 77.0 Å². The highest BCUT2D eigenvalue weighted by molar-refractivity contribution is 6.30. The molecule has 3 rings (SSSR count). The van der Waals surface area contributed by atoms with E-state index in [0.29, 0.717) is 16.6 Å². The second-order valence-corrected chi connectivity index (χ2v) is 7.45. The number of hydrogen-bond donors (Lipinski definition) is 1. The number of nitrogens with zero attached hydrogens (tertiary/aromatic N) is 4. The van der Waals surface area contributed by atoms with Gasteiger partial charge in [-0.3, -0.25) is 4.79 Å². The standard InChI is InChI=1S/C19H26ClN5O.ClH/c1-3-5-17-18(19(26)24-10-8-14(9-11-24)13(2)21)22-23-25(17)16-7-4-6-15(20)12-16;/h4,6-7,12-14H,3,5,8-11,21H2,1-2H3;1H. The van der Waals surface area contributed by atoms with E-state index >= 15 is 0 Å². The summed E-state index contributed by atoms with van der Waals surface area (Å²) >= 11 is 6.11. The third-order valence-electron chi connectivity index (χ3n) is 5.08. The lowest BCUT2D eigenvalue weighted by Gasteiger charge is -2.33. The van der Waals surface area contributed by atoms with Crippen LogP contribution in [0.4, 0.5) is 0 Å². The third-order valence-corrected chi connectivity index (χ3v) is 5.31. The first-order valence-electron chi connectivity index (χ1n) is 9.26. The number of halogens is 2. The van der Waals surface area contributed by atoms with E-state index in [1.165, 1.54) is 0 Å². The van der Waals surface area contributed by atoms with Crippen LogP contribution in [-0.2, 0) is 6.42 Å². The van der Waals surface area contributed by atoms with E-state index in [1.807, 2.05) is 36.1 Å². The van der Waals surface area contributed by atoms with Gasteiger partial charge in [0.2, 0.25) is 0 Å². The van der Waals surface area contributed by atoms with Crippen molar-refractivity contribution in [1.82, 2.24) is 19.9 Å². The molecular weight excluding hydrogens is 385 g/mol. The van der Waals surface area contributed by atoms with E-state index in [4.69, 9.17) is 17.3 Å². The molecule has 1 aromatic heterocycles. The molecule has 2 aromatic rings. The van der Waals surface area contributed by atoms with Gasteiger partial charge in [-0.2, -0.15) is 0 Å². The molecule has 1 saturated heterocycles. The second kappa shape index (κ2) is 9.53. The maximum atomic E-state index is 13.0. The molecule has 0 bridgehead atoms. The minimum absolute atomic E-state index is 0. The van der Waals surface area contributed by atoms with Crippen LogP contribution < -0.4 is 5.73 Å². The highest BCUT2D eigenvalue weighted by Crippen LogP contribution is 2.23. The monoisotopic (exact) mass is 411 g/mol. The van der Waals surface area contributed by atoms with Crippen LogP contribution in [0.3, 0.4) is 0 Å².